The highest BCUT2D eigenvalue weighted by atomic mass is 35.5. The number of methoxy groups -OCH3 is 1. The Morgan fingerprint density at radius 2 is 1.89 bits per heavy atom. The Balaban J connectivity index is 0.00000324. The van der Waals surface area contributed by atoms with Crippen molar-refractivity contribution in [3.8, 4) is 11.5 Å². The van der Waals surface area contributed by atoms with Crippen molar-refractivity contribution in [2.75, 3.05) is 7.11 Å². The number of rotatable bonds is 4. The van der Waals surface area contributed by atoms with Crippen molar-refractivity contribution in [1.82, 2.24) is 0 Å². The number of aliphatic hydroxyl groups is 1. The number of ether oxygens (including phenoxy) is 2. The number of nitrogens with two attached hydrogens (primary N) is 1. The third-order valence-electron chi connectivity index (χ3n) is 2.32. The molecule has 0 aromatic heterocycles. The fraction of sp³-hybridized carbons (Fsp3) is 0.455. The molecule has 0 spiro atoms. The summed E-state index contributed by atoms with van der Waals surface area (Å²) in [6.45, 7) is 1.48. The van der Waals surface area contributed by atoms with Gasteiger partial charge in [0.1, 0.15) is 11.5 Å². The van der Waals surface area contributed by atoms with Crippen molar-refractivity contribution < 1.29 is 27.8 Å². The average Bonchev–Trinajstić information content (AvgIpc) is 2.25. The van der Waals surface area contributed by atoms with Gasteiger partial charge in [-0.2, -0.15) is 0 Å². The van der Waals surface area contributed by atoms with E-state index in [4.69, 9.17) is 10.5 Å². The van der Waals surface area contributed by atoms with Crippen molar-refractivity contribution in [3.63, 3.8) is 0 Å². The van der Waals surface area contributed by atoms with Crippen LogP contribution in [-0.4, -0.2) is 24.7 Å². The van der Waals surface area contributed by atoms with E-state index < -0.39 is 24.3 Å². The molecule has 4 nitrogen and oxygen atoms in total. The first-order valence-corrected chi connectivity index (χ1v) is 5.12. The van der Waals surface area contributed by atoms with Gasteiger partial charge in [-0.15, -0.1) is 25.6 Å². The molecule has 0 unspecified atom stereocenters. The summed E-state index contributed by atoms with van der Waals surface area (Å²) in [5.41, 5.74) is 6.10. The summed E-state index contributed by atoms with van der Waals surface area (Å²) >= 11 is 0. The van der Waals surface area contributed by atoms with Crippen LogP contribution in [0.1, 0.15) is 18.5 Å². The number of aliphatic hydroxyl groups excluding tert-OH is 1. The normalized spacial score (nSPS) is 14.3. The second-order valence-corrected chi connectivity index (χ2v) is 3.72. The zero-order chi connectivity index (χ0) is 13.9. The molecule has 3 N–H and O–H groups in total. The van der Waals surface area contributed by atoms with Crippen LogP contribution in [0.3, 0.4) is 0 Å². The highest BCUT2D eigenvalue weighted by Crippen LogP contribution is 2.32. The second-order valence-electron chi connectivity index (χ2n) is 3.72. The van der Waals surface area contributed by atoms with Crippen LogP contribution >= 0.6 is 12.4 Å². The number of hydrogen-bond donors (Lipinski definition) is 2. The van der Waals surface area contributed by atoms with Crippen LogP contribution in [-0.2, 0) is 0 Å². The molecule has 0 fully saturated rings. The van der Waals surface area contributed by atoms with Gasteiger partial charge in [0, 0.05) is 11.6 Å². The summed E-state index contributed by atoms with van der Waals surface area (Å²) in [6, 6.07) is 2.77. The van der Waals surface area contributed by atoms with Gasteiger partial charge < -0.3 is 20.3 Å². The molecule has 110 valence electrons. The molecule has 1 rings (SSSR count). The molecule has 0 amide bonds. The van der Waals surface area contributed by atoms with E-state index >= 15 is 0 Å². The van der Waals surface area contributed by atoms with Crippen molar-refractivity contribution in [3.05, 3.63) is 23.8 Å². The Labute approximate surface area is 114 Å². The van der Waals surface area contributed by atoms with Gasteiger partial charge in [0.15, 0.2) is 0 Å². The van der Waals surface area contributed by atoms with Crippen LogP contribution < -0.4 is 15.2 Å². The van der Waals surface area contributed by atoms with Gasteiger partial charge in [-0.3, -0.25) is 0 Å². The lowest BCUT2D eigenvalue weighted by Crippen LogP contribution is -2.24. The molecule has 1 aromatic rings. The van der Waals surface area contributed by atoms with Gasteiger partial charge in [0.25, 0.3) is 0 Å². The van der Waals surface area contributed by atoms with E-state index in [-0.39, 0.29) is 18.2 Å². The fourth-order valence-electron chi connectivity index (χ4n) is 1.42. The fourth-order valence-corrected chi connectivity index (χ4v) is 1.42. The Bertz CT molecular complexity index is 413. The molecule has 0 saturated carbocycles. The van der Waals surface area contributed by atoms with Crippen LogP contribution in [0.4, 0.5) is 13.2 Å². The first kappa shape index (κ1) is 17.8. The molecule has 8 heteroatoms. The molecular formula is C11H15ClF3NO3. The van der Waals surface area contributed by atoms with E-state index in [0.717, 1.165) is 12.1 Å². The minimum atomic E-state index is -4.76. The van der Waals surface area contributed by atoms with Gasteiger partial charge >= 0.3 is 6.36 Å². The predicted octanol–water partition coefficient (Wildman–Crippen LogP) is 2.40. The Morgan fingerprint density at radius 1 is 1.32 bits per heavy atom. The Kier molecular flexibility index (Phi) is 6.41. The van der Waals surface area contributed by atoms with Gasteiger partial charge in [-0.25, -0.2) is 0 Å². The van der Waals surface area contributed by atoms with Gasteiger partial charge in [0.2, 0.25) is 0 Å². The largest absolute Gasteiger partial charge is 0.573 e. The number of benzene rings is 1. The van der Waals surface area contributed by atoms with E-state index in [9.17, 15) is 18.3 Å². The molecule has 2 atom stereocenters. The lowest BCUT2D eigenvalue weighted by Gasteiger charge is -2.19. The summed E-state index contributed by atoms with van der Waals surface area (Å²) < 4.78 is 44.8. The SMILES string of the molecule is COc1cc(OC(F)(F)F)ccc1[C@@H](N)[C@H](C)O.Cl. The quantitative estimate of drug-likeness (QED) is 0.896. The first-order chi connectivity index (χ1) is 8.24. The lowest BCUT2D eigenvalue weighted by atomic mass is 10.0. The molecule has 1 aromatic carbocycles. The van der Waals surface area contributed by atoms with Crippen LogP contribution in [0.15, 0.2) is 18.2 Å². The Hall–Kier alpha value is -1.18. The van der Waals surface area contributed by atoms with E-state index in [1.54, 1.807) is 0 Å². The topological polar surface area (TPSA) is 64.7 Å². The third kappa shape index (κ3) is 5.14. The van der Waals surface area contributed by atoms with Crippen molar-refractivity contribution in [2.24, 2.45) is 5.73 Å². The summed E-state index contributed by atoms with van der Waals surface area (Å²) in [6.07, 6.45) is -5.62. The van der Waals surface area contributed by atoms with Crippen LogP contribution in [0.25, 0.3) is 0 Å². The Morgan fingerprint density at radius 3 is 2.32 bits per heavy atom. The molecule has 0 saturated heterocycles. The highest BCUT2D eigenvalue weighted by Gasteiger charge is 2.31. The maximum Gasteiger partial charge on any atom is 0.573 e. The second kappa shape index (κ2) is 6.83. The van der Waals surface area contributed by atoms with Gasteiger partial charge in [-0.05, 0) is 19.1 Å². The zero-order valence-electron chi connectivity index (χ0n) is 10.3. The standard InChI is InChI=1S/C11H14F3NO3.ClH/c1-6(16)10(15)8-4-3-7(5-9(8)17-2)18-11(12,13)14;/h3-6,10,16H,15H2,1-2H3;1H/t6-,10-;/m0./s1. The number of alkyl halides is 3. The van der Waals surface area contributed by atoms with Gasteiger partial charge in [0.05, 0.1) is 19.3 Å². The summed E-state index contributed by atoms with van der Waals surface area (Å²) in [5.74, 6) is -0.272. The maximum absolute atomic E-state index is 12.0. The highest BCUT2D eigenvalue weighted by molar-refractivity contribution is 5.85. The lowest BCUT2D eigenvalue weighted by molar-refractivity contribution is -0.274. The molecule has 0 aliphatic rings. The van der Waals surface area contributed by atoms with Gasteiger partial charge in [-0.1, -0.05) is 0 Å². The molecule has 19 heavy (non-hydrogen) atoms. The van der Waals surface area contributed by atoms with Crippen LogP contribution in [0.2, 0.25) is 0 Å². The molecule has 0 heterocycles. The minimum Gasteiger partial charge on any atom is -0.496 e. The van der Waals surface area contributed by atoms with E-state index in [1.807, 2.05) is 0 Å². The van der Waals surface area contributed by atoms with Crippen molar-refractivity contribution >= 4 is 12.4 Å². The molecular weight excluding hydrogens is 287 g/mol. The monoisotopic (exact) mass is 301 g/mol. The average molecular weight is 302 g/mol. The molecule has 0 aliphatic carbocycles. The van der Waals surface area contributed by atoms with Crippen LogP contribution in [0, 0.1) is 0 Å². The first-order valence-electron chi connectivity index (χ1n) is 5.12. The molecule has 0 aliphatic heterocycles. The summed E-state index contributed by atoms with van der Waals surface area (Å²) in [5, 5.41) is 9.36. The smallest absolute Gasteiger partial charge is 0.496 e. The summed E-state index contributed by atoms with van der Waals surface area (Å²) in [4.78, 5) is 0. The third-order valence-corrected chi connectivity index (χ3v) is 2.32. The zero-order valence-corrected chi connectivity index (χ0v) is 11.1. The van der Waals surface area contributed by atoms with E-state index in [2.05, 4.69) is 4.74 Å². The van der Waals surface area contributed by atoms with Crippen LogP contribution in [0.5, 0.6) is 11.5 Å². The number of halogens is 4. The molecule has 0 radical (unpaired) electrons. The maximum atomic E-state index is 12.0. The van der Waals surface area contributed by atoms with E-state index in [1.165, 1.54) is 20.1 Å². The summed E-state index contributed by atoms with van der Waals surface area (Å²) in [7, 11) is 1.30. The number of hydrogen-bond acceptors (Lipinski definition) is 4. The minimum absolute atomic E-state index is 0. The molecule has 0 bridgehead atoms. The van der Waals surface area contributed by atoms with Crippen molar-refractivity contribution in [2.45, 2.75) is 25.4 Å². The van der Waals surface area contributed by atoms with Crippen molar-refractivity contribution in [1.29, 1.82) is 0 Å². The van der Waals surface area contributed by atoms with E-state index in [0.29, 0.717) is 5.56 Å². The predicted molar refractivity (Wildman–Crippen MR) is 65.5 cm³/mol.